The molecule has 6 rings (SSSR count). The number of carbonyl (C=O) groups excluding carboxylic acids is 1. The highest BCUT2D eigenvalue weighted by molar-refractivity contribution is 6.02. The molecular weight excluding hydrogens is 392 g/mol. The number of hydrogen-bond acceptors (Lipinski definition) is 5. The van der Waals surface area contributed by atoms with E-state index in [0.29, 0.717) is 24.5 Å². The van der Waals surface area contributed by atoms with Gasteiger partial charge in [0.2, 0.25) is 6.79 Å². The van der Waals surface area contributed by atoms with Crippen molar-refractivity contribution in [3.8, 4) is 17.2 Å². The average Bonchev–Trinajstić information content (AvgIpc) is 3.28. The lowest BCUT2D eigenvalue weighted by Crippen LogP contribution is -2.50. The van der Waals surface area contributed by atoms with Crippen molar-refractivity contribution in [2.45, 2.75) is 12.7 Å². The summed E-state index contributed by atoms with van der Waals surface area (Å²) in [7, 11) is 0. The first-order valence-electron chi connectivity index (χ1n) is 10.2. The van der Waals surface area contributed by atoms with Gasteiger partial charge in [-0.3, -0.25) is 4.79 Å². The predicted octanol–water partition coefficient (Wildman–Crippen LogP) is 4.29. The number of carbonyl (C=O) groups is 1. The molecule has 6 heteroatoms. The van der Waals surface area contributed by atoms with Gasteiger partial charge < -0.3 is 24.4 Å². The fourth-order valence-corrected chi connectivity index (χ4v) is 4.28. The highest BCUT2D eigenvalue weighted by atomic mass is 16.7. The van der Waals surface area contributed by atoms with Crippen molar-refractivity contribution in [1.29, 1.82) is 0 Å². The molecule has 0 saturated heterocycles. The summed E-state index contributed by atoms with van der Waals surface area (Å²) in [6.45, 7) is 1.07. The molecule has 3 heterocycles. The summed E-state index contributed by atoms with van der Waals surface area (Å²) in [5.41, 5.74) is 4.49. The summed E-state index contributed by atoms with van der Waals surface area (Å²) in [6, 6.07) is 21.3. The first-order valence-corrected chi connectivity index (χ1v) is 10.2. The van der Waals surface area contributed by atoms with E-state index >= 15 is 0 Å². The van der Waals surface area contributed by atoms with Crippen LogP contribution in [-0.4, -0.2) is 30.4 Å². The number of ether oxygens (including phenoxy) is 3. The van der Waals surface area contributed by atoms with Crippen molar-refractivity contribution >= 4 is 17.7 Å². The quantitative estimate of drug-likeness (QED) is 0.696. The van der Waals surface area contributed by atoms with Crippen LogP contribution in [0.15, 0.2) is 72.3 Å². The van der Waals surface area contributed by atoms with Crippen LogP contribution in [0.5, 0.6) is 17.2 Å². The monoisotopic (exact) mass is 412 g/mol. The lowest BCUT2D eigenvalue weighted by Gasteiger charge is -2.40. The SMILES string of the molecule is O=C1c2ccccc2N[C@@H](C2=Cc3ccccc3OC2)N1Cc1ccc2c(c1)OCO2. The van der Waals surface area contributed by atoms with Crippen molar-refractivity contribution in [1.82, 2.24) is 4.90 Å². The molecule has 0 aliphatic carbocycles. The molecule has 1 N–H and O–H groups in total. The highest BCUT2D eigenvalue weighted by Gasteiger charge is 2.35. The Kier molecular flexibility index (Phi) is 4.09. The molecule has 1 amide bonds. The number of hydrogen-bond donors (Lipinski definition) is 1. The lowest BCUT2D eigenvalue weighted by molar-refractivity contribution is 0.0688. The Balaban J connectivity index is 1.39. The zero-order chi connectivity index (χ0) is 20.8. The van der Waals surface area contributed by atoms with Crippen LogP contribution >= 0.6 is 0 Å². The summed E-state index contributed by atoms with van der Waals surface area (Å²) in [5, 5.41) is 3.55. The Morgan fingerprint density at radius 1 is 0.903 bits per heavy atom. The van der Waals surface area contributed by atoms with E-state index in [1.165, 1.54) is 0 Å². The fourth-order valence-electron chi connectivity index (χ4n) is 4.28. The molecule has 3 aliphatic heterocycles. The minimum atomic E-state index is -0.318. The van der Waals surface area contributed by atoms with Crippen LogP contribution in [0, 0.1) is 0 Å². The van der Waals surface area contributed by atoms with E-state index in [0.717, 1.165) is 33.9 Å². The number of benzene rings is 3. The summed E-state index contributed by atoms with van der Waals surface area (Å²) in [4.78, 5) is 15.4. The Morgan fingerprint density at radius 2 is 1.74 bits per heavy atom. The molecule has 3 aromatic carbocycles. The number of nitrogens with one attached hydrogen (secondary N) is 1. The van der Waals surface area contributed by atoms with E-state index in [4.69, 9.17) is 14.2 Å². The van der Waals surface area contributed by atoms with Gasteiger partial charge in [0.1, 0.15) is 18.5 Å². The van der Waals surface area contributed by atoms with Gasteiger partial charge in [-0.05, 0) is 42.0 Å². The van der Waals surface area contributed by atoms with Crippen molar-refractivity contribution in [3.05, 3.63) is 89.0 Å². The van der Waals surface area contributed by atoms with Gasteiger partial charge in [-0.1, -0.05) is 36.4 Å². The largest absolute Gasteiger partial charge is 0.488 e. The summed E-state index contributed by atoms with van der Waals surface area (Å²) >= 11 is 0. The number of para-hydroxylation sites is 2. The third kappa shape index (κ3) is 3.08. The van der Waals surface area contributed by atoms with Gasteiger partial charge in [0.05, 0.1) is 5.56 Å². The van der Waals surface area contributed by atoms with E-state index < -0.39 is 0 Å². The maximum atomic E-state index is 13.5. The van der Waals surface area contributed by atoms with Gasteiger partial charge >= 0.3 is 0 Å². The molecule has 1 atom stereocenters. The predicted molar refractivity (Wildman–Crippen MR) is 116 cm³/mol. The van der Waals surface area contributed by atoms with Crippen LogP contribution in [0.1, 0.15) is 21.5 Å². The highest BCUT2D eigenvalue weighted by Crippen LogP contribution is 2.36. The van der Waals surface area contributed by atoms with Gasteiger partial charge in [0, 0.05) is 23.4 Å². The topological polar surface area (TPSA) is 60.0 Å². The van der Waals surface area contributed by atoms with Gasteiger partial charge in [-0.15, -0.1) is 0 Å². The maximum absolute atomic E-state index is 13.5. The van der Waals surface area contributed by atoms with E-state index in [-0.39, 0.29) is 18.9 Å². The molecule has 0 unspecified atom stereocenters. The van der Waals surface area contributed by atoms with Crippen molar-refractivity contribution < 1.29 is 19.0 Å². The third-order valence-corrected chi connectivity index (χ3v) is 5.82. The van der Waals surface area contributed by atoms with Crippen LogP contribution in [0.3, 0.4) is 0 Å². The summed E-state index contributed by atoms with van der Waals surface area (Å²) < 4.78 is 16.9. The van der Waals surface area contributed by atoms with Crippen molar-refractivity contribution in [3.63, 3.8) is 0 Å². The van der Waals surface area contributed by atoms with Gasteiger partial charge in [-0.25, -0.2) is 0 Å². The van der Waals surface area contributed by atoms with E-state index in [1.807, 2.05) is 71.6 Å². The van der Waals surface area contributed by atoms with Crippen LogP contribution < -0.4 is 19.5 Å². The normalized spacial score (nSPS) is 18.5. The number of rotatable bonds is 3. The second-order valence-electron chi connectivity index (χ2n) is 7.76. The van der Waals surface area contributed by atoms with Crippen LogP contribution in [0.25, 0.3) is 6.08 Å². The first-order chi connectivity index (χ1) is 15.3. The average molecular weight is 412 g/mol. The second-order valence-corrected chi connectivity index (χ2v) is 7.76. The Labute approximate surface area is 179 Å². The molecule has 154 valence electrons. The molecule has 0 fully saturated rings. The molecular formula is C25H20N2O4. The zero-order valence-electron chi connectivity index (χ0n) is 16.7. The van der Waals surface area contributed by atoms with Gasteiger partial charge in [0.15, 0.2) is 11.5 Å². The van der Waals surface area contributed by atoms with E-state index in [9.17, 15) is 4.79 Å². The number of nitrogens with zero attached hydrogens (tertiary/aromatic N) is 1. The number of fused-ring (bicyclic) bond motifs is 3. The Bertz CT molecular complexity index is 1220. The number of anilines is 1. The van der Waals surface area contributed by atoms with E-state index in [2.05, 4.69) is 11.4 Å². The molecule has 6 nitrogen and oxygen atoms in total. The van der Waals surface area contributed by atoms with Crippen molar-refractivity contribution in [2.24, 2.45) is 0 Å². The van der Waals surface area contributed by atoms with E-state index in [1.54, 1.807) is 0 Å². The Hall–Kier alpha value is -3.93. The van der Waals surface area contributed by atoms with Crippen LogP contribution in [-0.2, 0) is 6.54 Å². The number of amides is 1. The minimum Gasteiger partial charge on any atom is -0.488 e. The zero-order valence-corrected chi connectivity index (χ0v) is 16.7. The molecule has 0 radical (unpaired) electrons. The standard InChI is InChI=1S/C25H20N2O4/c28-25-19-6-2-3-7-20(19)26-24(18-12-17-5-1-4-8-21(17)29-14-18)27(25)13-16-9-10-22-23(11-16)31-15-30-22/h1-12,24,26H,13-15H2/t24-/m1/s1. The Morgan fingerprint density at radius 3 is 2.71 bits per heavy atom. The second kappa shape index (κ2) is 7.09. The lowest BCUT2D eigenvalue weighted by atomic mass is 9.99. The third-order valence-electron chi connectivity index (χ3n) is 5.82. The van der Waals surface area contributed by atoms with Gasteiger partial charge in [-0.2, -0.15) is 0 Å². The molecule has 0 spiro atoms. The molecule has 3 aliphatic rings. The molecule has 0 saturated carbocycles. The fraction of sp³-hybridized carbons (Fsp3) is 0.160. The van der Waals surface area contributed by atoms with Gasteiger partial charge in [0.25, 0.3) is 5.91 Å². The molecule has 0 bridgehead atoms. The first kappa shape index (κ1) is 17.9. The summed E-state index contributed by atoms with van der Waals surface area (Å²) in [6.07, 6.45) is 1.80. The van der Waals surface area contributed by atoms with Crippen LogP contribution in [0.4, 0.5) is 5.69 Å². The summed E-state index contributed by atoms with van der Waals surface area (Å²) in [5.74, 6) is 2.28. The van der Waals surface area contributed by atoms with Crippen molar-refractivity contribution in [2.75, 3.05) is 18.7 Å². The molecule has 0 aromatic heterocycles. The van der Waals surface area contributed by atoms with Crippen LogP contribution in [0.2, 0.25) is 0 Å². The molecule has 31 heavy (non-hydrogen) atoms. The maximum Gasteiger partial charge on any atom is 0.258 e. The minimum absolute atomic E-state index is 0.0169. The smallest absolute Gasteiger partial charge is 0.258 e. The molecule has 3 aromatic rings.